The maximum Gasteiger partial charge on any atom is 0.137 e. The molecule has 0 aromatic heterocycles. The van der Waals surface area contributed by atoms with Crippen LogP contribution in [0, 0.1) is 0 Å². The Bertz CT molecular complexity index is 606. The fraction of sp³-hybridized carbons (Fsp3) is 0.250. The summed E-state index contributed by atoms with van der Waals surface area (Å²) in [6, 6.07) is 12.0. The van der Waals surface area contributed by atoms with Gasteiger partial charge in [-0.2, -0.15) is 0 Å². The first-order valence-corrected chi connectivity index (χ1v) is 8.53. The van der Waals surface area contributed by atoms with E-state index in [9.17, 15) is 0 Å². The minimum absolute atomic E-state index is 0. The Hall–Kier alpha value is -0.260. The van der Waals surface area contributed by atoms with Crippen molar-refractivity contribution in [3.05, 3.63) is 61.5 Å². The topological polar surface area (TPSA) is 21.3 Å². The molecule has 120 valence electrons. The third-order valence-electron chi connectivity index (χ3n) is 3.11. The normalized spacial score (nSPS) is 10.2. The molecule has 0 aliphatic carbocycles. The first-order valence-electron chi connectivity index (χ1n) is 6.57. The van der Waals surface area contributed by atoms with Crippen LogP contribution in [0.5, 0.6) is 5.75 Å². The molecule has 2 nitrogen and oxygen atoms in total. The van der Waals surface area contributed by atoms with Crippen molar-refractivity contribution in [3.8, 4) is 5.75 Å². The van der Waals surface area contributed by atoms with E-state index >= 15 is 0 Å². The molecule has 0 radical (unpaired) electrons. The molecule has 0 aliphatic rings. The molecule has 0 fully saturated rings. The molecule has 0 amide bonds. The van der Waals surface area contributed by atoms with E-state index in [0.717, 1.165) is 44.8 Å². The number of hydrogen-bond acceptors (Lipinski definition) is 2. The van der Waals surface area contributed by atoms with Gasteiger partial charge in [-0.05, 0) is 58.7 Å². The molecule has 2 rings (SSSR count). The lowest BCUT2D eigenvalue weighted by Gasteiger charge is -2.12. The summed E-state index contributed by atoms with van der Waals surface area (Å²) in [5.74, 6) is 0.872. The molecule has 22 heavy (non-hydrogen) atoms. The molecule has 0 saturated heterocycles. The van der Waals surface area contributed by atoms with Crippen LogP contribution in [0.15, 0.2) is 45.3 Å². The van der Waals surface area contributed by atoms with Gasteiger partial charge in [0.25, 0.3) is 0 Å². The lowest BCUT2D eigenvalue weighted by Crippen LogP contribution is -2.17. The van der Waals surface area contributed by atoms with Crippen LogP contribution in [-0.2, 0) is 13.0 Å². The second-order valence-electron chi connectivity index (χ2n) is 4.63. The highest BCUT2D eigenvalue weighted by Crippen LogP contribution is 2.32. The summed E-state index contributed by atoms with van der Waals surface area (Å²) in [5.41, 5.74) is 2.39. The van der Waals surface area contributed by atoms with E-state index in [-0.39, 0.29) is 12.4 Å². The van der Waals surface area contributed by atoms with Crippen molar-refractivity contribution in [2.75, 3.05) is 13.7 Å². The zero-order valence-electron chi connectivity index (χ0n) is 12.0. The largest absolute Gasteiger partial charge is 0.495 e. The second kappa shape index (κ2) is 9.78. The van der Waals surface area contributed by atoms with Gasteiger partial charge in [0, 0.05) is 21.6 Å². The lowest BCUT2D eigenvalue weighted by atomic mass is 10.1. The summed E-state index contributed by atoms with van der Waals surface area (Å²) in [6.07, 6.45) is 0.967. The van der Waals surface area contributed by atoms with Gasteiger partial charge in [-0.15, -0.1) is 12.4 Å². The summed E-state index contributed by atoms with van der Waals surface area (Å²) in [4.78, 5) is 0. The zero-order valence-corrected chi connectivity index (χ0v) is 16.8. The molecular weight excluding hydrogens is 453 g/mol. The van der Waals surface area contributed by atoms with Crippen LogP contribution in [0.1, 0.15) is 11.1 Å². The Morgan fingerprint density at radius 1 is 1.14 bits per heavy atom. The van der Waals surface area contributed by atoms with Crippen molar-refractivity contribution in [3.63, 3.8) is 0 Å². The highest BCUT2D eigenvalue weighted by molar-refractivity contribution is 9.11. The summed E-state index contributed by atoms with van der Waals surface area (Å²) in [7, 11) is 1.69. The van der Waals surface area contributed by atoms with Crippen LogP contribution in [0.25, 0.3) is 0 Å². The number of rotatable bonds is 6. The third-order valence-corrected chi connectivity index (χ3v) is 4.41. The van der Waals surface area contributed by atoms with Crippen molar-refractivity contribution in [1.29, 1.82) is 0 Å². The van der Waals surface area contributed by atoms with E-state index in [4.69, 9.17) is 16.3 Å². The minimum atomic E-state index is 0. The molecule has 0 heterocycles. The van der Waals surface area contributed by atoms with Gasteiger partial charge in [0.05, 0.1) is 11.6 Å². The fourth-order valence-electron chi connectivity index (χ4n) is 2.08. The van der Waals surface area contributed by atoms with Gasteiger partial charge in [0.15, 0.2) is 0 Å². The van der Waals surface area contributed by atoms with Crippen molar-refractivity contribution in [2.45, 2.75) is 13.0 Å². The molecule has 0 aliphatic heterocycles. The number of hydrogen-bond donors (Lipinski definition) is 1. The predicted octanol–water partition coefficient (Wildman–Crippen LogP) is 5.63. The van der Waals surface area contributed by atoms with Crippen LogP contribution >= 0.6 is 55.9 Å². The third kappa shape index (κ3) is 5.74. The molecule has 2 aromatic rings. The van der Waals surface area contributed by atoms with Crippen molar-refractivity contribution in [1.82, 2.24) is 5.32 Å². The summed E-state index contributed by atoms with van der Waals surface area (Å²) in [6.45, 7) is 1.66. The quantitative estimate of drug-likeness (QED) is 0.554. The zero-order chi connectivity index (χ0) is 15.2. The Morgan fingerprint density at radius 2 is 1.82 bits per heavy atom. The van der Waals surface area contributed by atoms with Crippen LogP contribution < -0.4 is 10.1 Å². The first kappa shape index (κ1) is 19.8. The fourth-order valence-corrected chi connectivity index (χ4v) is 3.68. The van der Waals surface area contributed by atoms with Crippen LogP contribution in [0.3, 0.4) is 0 Å². The standard InChI is InChI=1S/C16H16Br2ClNO.ClH/c1-21-16-12(8-13(17)9-15(16)18)10-20-7-6-11-2-4-14(19)5-3-11;/h2-5,8-9,20H,6-7,10H2,1H3;1H. The smallest absolute Gasteiger partial charge is 0.137 e. The molecule has 1 N–H and O–H groups in total. The Balaban J connectivity index is 0.00000242. The summed E-state index contributed by atoms with van der Waals surface area (Å²) >= 11 is 12.9. The average Bonchev–Trinajstić information content (AvgIpc) is 2.45. The highest BCUT2D eigenvalue weighted by atomic mass is 79.9. The first-order chi connectivity index (χ1) is 10.1. The van der Waals surface area contributed by atoms with Gasteiger partial charge in [0.1, 0.15) is 5.75 Å². The van der Waals surface area contributed by atoms with Gasteiger partial charge >= 0.3 is 0 Å². The highest BCUT2D eigenvalue weighted by Gasteiger charge is 2.08. The number of benzene rings is 2. The Morgan fingerprint density at radius 3 is 2.45 bits per heavy atom. The van der Waals surface area contributed by atoms with Crippen molar-refractivity contribution < 1.29 is 4.74 Å². The Labute approximate surface area is 159 Å². The number of halogens is 4. The number of methoxy groups -OCH3 is 1. The average molecular weight is 470 g/mol. The molecular formula is C16H17Br2Cl2NO. The van der Waals surface area contributed by atoms with Gasteiger partial charge < -0.3 is 10.1 Å². The van der Waals surface area contributed by atoms with Crippen LogP contribution in [0.4, 0.5) is 0 Å². The van der Waals surface area contributed by atoms with Gasteiger partial charge in [-0.25, -0.2) is 0 Å². The molecule has 0 unspecified atom stereocenters. The number of nitrogens with one attached hydrogen (secondary N) is 1. The summed E-state index contributed by atoms with van der Waals surface area (Å²) < 4.78 is 7.42. The molecule has 2 aromatic carbocycles. The summed E-state index contributed by atoms with van der Waals surface area (Å²) in [5, 5.41) is 4.21. The second-order valence-corrected chi connectivity index (χ2v) is 6.84. The Kier molecular flexibility index (Phi) is 8.80. The maximum atomic E-state index is 5.88. The minimum Gasteiger partial charge on any atom is -0.495 e. The van der Waals surface area contributed by atoms with E-state index in [1.54, 1.807) is 7.11 Å². The van der Waals surface area contributed by atoms with Gasteiger partial charge in [0.2, 0.25) is 0 Å². The van der Waals surface area contributed by atoms with Crippen LogP contribution in [0.2, 0.25) is 5.02 Å². The van der Waals surface area contributed by atoms with Crippen molar-refractivity contribution in [2.24, 2.45) is 0 Å². The van der Waals surface area contributed by atoms with E-state index in [0.29, 0.717) is 0 Å². The molecule has 0 saturated carbocycles. The van der Waals surface area contributed by atoms with Crippen molar-refractivity contribution >= 4 is 55.9 Å². The van der Waals surface area contributed by atoms with E-state index in [1.807, 2.05) is 18.2 Å². The van der Waals surface area contributed by atoms with Crippen LogP contribution in [-0.4, -0.2) is 13.7 Å². The van der Waals surface area contributed by atoms with E-state index < -0.39 is 0 Å². The SMILES string of the molecule is COc1c(Br)cc(Br)cc1CNCCc1ccc(Cl)cc1.Cl. The van der Waals surface area contributed by atoms with E-state index in [2.05, 4.69) is 55.4 Å². The molecule has 0 spiro atoms. The molecule has 0 atom stereocenters. The van der Waals surface area contributed by atoms with Gasteiger partial charge in [-0.1, -0.05) is 39.7 Å². The van der Waals surface area contributed by atoms with E-state index in [1.165, 1.54) is 5.56 Å². The molecule has 0 bridgehead atoms. The predicted molar refractivity (Wildman–Crippen MR) is 103 cm³/mol. The molecule has 6 heteroatoms. The monoisotopic (exact) mass is 467 g/mol. The van der Waals surface area contributed by atoms with Gasteiger partial charge in [-0.3, -0.25) is 0 Å². The lowest BCUT2D eigenvalue weighted by molar-refractivity contribution is 0.405. The maximum absolute atomic E-state index is 5.88. The number of ether oxygens (including phenoxy) is 1.